The first-order valence-corrected chi connectivity index (χ1v) is 5.50. The van der Waals surface area contributed by atoms with Gasteiger partial charge in [-0.1, -0.05) is 12.1 Å². The Kier molecular flexibility index (Phi) is 3.58. The van der Waals surface area contributed by atoms with E-state index in [1.165, 1.54) is 6.20 Å². The first-order valence-electron chi connectivity index (χ1n) is 5.50. The second-order valence-electron chi connectivity index (χ2n) is 3.63. The van der Waals surface area contributed by atoms with Crippen LogP contribution in [0.15, 0.2) is 41.0 Å². The molecule has 2 N–H and O–H groups in total. The summed E-state index contributed by atoms with van der Waals surface area (Å²) in [5.74, 6) is 0.835. The van der Waals surface area contributed by atoms with Gasteiger partial charge in [0.05, 0.1) is 6.54 Å². The molecular weight excluding hydrogens is 226 g/mol. The van der Waals surface area contributed by atoms with Gasteiger partial charge in [0.1, 0.15) is 23.5 Å². The van der Waals surface area contributed by atoms with Crippen LogP contribution in [0.1, 0.15) is 5.56 Å². The molecule has 88 valence electrons. The highest BCUT2D eigenvalue weighted by Gasteiger charge is 2.11. The second-order valence-corrected chi connectivity index (χ2v) is 3.63. The van der Waals surface area contributed by atoms with E-state index >= 15 is 0 Å². The Morgan fingerprint density at radius 2 is 2.11 bits per heavy atom. The molecule has 5 heteroatoms. The van der Waals surface area contributed by atoms with Crippen molar-refractivity contribution >= 4 is 11.5 Å². The molecule has 1 heterocycles. The molecule has 0 saturated carbocycles. The molecule has 0 fully saturated rings. The van der Waals surface area contributed by atoms with Crippen molar-refractivity contribution in [1.29, 1.82) is 10.5 Å². The first-order chi connectivity index (χ1) is 8.85. The van der Waals surface area contributed by atoms with Gasteiger partial charge in [-0.05, 0) is 12.1 Å². The van der Waals surface area contributed by atoms with Crippen LogP contribution in [0.4, 0.5) is 5.69 Å². The monoisotopic (exact) mass is 237 g/mol. The maximum Gasteiger partial charge on any atom is 0.145 e. The number of aliphatic imine (C=N–C) groups is 1. The van der Waals surface area contributed by atoms with Gasteiger partial charge in [0, 0.05) is 24.0 Å². The van der Waals surface area contributed by atoms with Crippen molar-refractivity contribution < 1.29 is 0 Å². The molecule has 0 amide bonds. The van der Waals surface area contributed by atoms with E-state index in [-0.39, 0.29) is 5.57 Å². The van der Waals surface area contributed by atoms with E-state index in [4.69, 9.17) is 10.5 Å². The third kappa shape index (κ3) is 2.47. The number of nitriles is 2. The quantitative estimate of drug-likeness (QED) is 0.778. The first kappa shape index (κ1) is 11.7. The van der Waals surface area contributed by atoms with Gasteiger partial charge < -0.3 is 10.6 Å². The van der Waals surface area contributed by atoms with Gasteiger partial charge in [-0.3, -0.25) is 4.99 Å². The van der Waals surface area contributed by atoms with E-state index < -0.39 is 0 Å². The molecule has 0 bridgehead atoms. The highest BCUT2D eigenvalue weighted by molar-refractivity contribution is 6.04. The zero-order valence-electron chi connectivity index (χ0n) is 9.64. The summed E-state index contributed by atoms with van der Waals surface area (Å²) in [4.78, 5) is 4.35. The zero-order valence-corrected chi connectivity index (χ0v) is 9.64. The minimum atomic E-state index is 0.0334. The van der Waals surface area contributed by atoms with Crippen molar-refractivity contribution in [3.8, 4) is 12.1 Å². The maximum absolute atomic E-state index is 8.67. The number of benzene rings is 1. The molecule has 1 aliphatic rings. The lowest BCUT2D eigenvalue weighted by Gasteiger charge is -2.09. The van der Waals surface area contributed by atoms with Crippen LogP contribution in [-0.4, -0.2) is 18.9 Å². The summed E-state index contributed by atoms with van der Waals surface area (Å²) < 4.78 is 0. The van der Waals surface area contributed by atoms with Crippen LogP contribution in [0.2, 0.25) is 0 Å². The van der Waals surface area contributed by atoms with Crippen LogP contribution in [0, 0.1) is 22.7 Å². The molecule has 5 nitrogen and oxygen atoms in total. The van der Waals surface area contributed by atoms with Gasteiger partial charge in [-0.25, -0.2) is 0 Å². The zero-order chi connectivity index (χ0) is 12.8. The Bertz CT molecular complexity index is 570. The Morgan fingerprint density at radius 1 is 1.33 bits per heavy atom. The Labute approximate surface area is 105 Å². The predicted molar refractivity (Wildman–Crippen MR) is 68.8 cm³/mol. The summed E-state index contributed by atoms with van der Waals surface area (Å²) >= 11 is 0. The van der Waals surface area contributed by atoms with E-state index in [1.807, 2.05) is 24.3 Å². The number of amidine groups is 1. The fourth-order valence-corrected chi connectivity index (χ4v) is 1.63. The van der Waals surface area contributed by atoms with Crippen molar-refractivity contribution in [2.24, 2.45) is 4.99 Å². The number of anilines is 1. The van der Waals surface area contributed by atoms with Crippen molar-refractivity contribution in [2.45, 2.75) is 0 Å². The molecule has 0 saturated heterocycles. The van der Waals surface area contributed by atoms with Crippen molar-refractivity contribution in [3.63, 3.8) is 0 Å². The lowest BCUT2D eigenvalue weighted by Crippen LogP contribution is -2.20. The summed E-state index contributed by atoms with van der Waals surface area (Å²) in [5, 5.41) is 23.5. The highest BCUT2D eigenvalue weighted by Crippen LogP contribution is 2.16. The third-order valence-electron chi connectivity index (χ3n) is 2.47. The van der Waals surface area contributed by atoms with Crippen LogP contribution in [0.25, 0.3) is 0 Å². The van der Waals surface area contributed by atoms with Gasteiger partial charge in [-0.2, -0.15) is 10.5 Å². The average Bonchev–Trinajstić information content (AvgIpc) is 2.94. The molecule has 1 aromatic carbocycles. The largest absolute Gasteiger partial charge is 0.368 e. The minimum absolute atomic E-state index is 0.0334. The van der Waals surface area contributed by atoms with Crippen LogP contribution < -0.4 is 10.6 Å². The van der Waals surface area contributed by atoms with Crippen LogP contribution in [0.5, 0.6) is 0 Å². The molecule has 0 radical (unpaired) electrons. The Hall–Kier alpha value is -2.79. The predicted octanol–water partition coefficient (Wildman–Crippen LogP) is 1.38. The second kappa shape index (κ2) is 5.51. The molecular formula is C13H11N5. The lowest BCUT2D eigenvalue weighted by atomic mass is 10.1. The fourth-order valence-electron chi connectivity index (χ4n) is 1.63. The van der Waals surface area contributed by atoms with Gasteiger partial charge in [-0.15, -0.1) is 0 Å². The van der Waals surface area contributed by atoms with Crippen LogP contribution >= 0.6 is 0 Å². The van der Waals surface area contributed by atoms with E-state index in [0.29, 0.717) is 0 Å². The van der Waals surface area contributed by atoms with E-state index in [9.17, 15) is 0 Å². The summed E-state index contributed by atoms with van der Waals surface area (Å²) in [6, 6.07) is 11.2. The number of nitrogens with zero attached hydrogens (tertiary/aromatic N) is 3. The van der Waals surface area contributed by atoms with Crippen molar-refractivity contribution in [3.05, 3.63) is 41.6 Å². The molecule has 0 atom stereocenters. The summed E-state index contributed by atoms with van der Waals surface area (Å²) in [7, 11) is 0. The minimum Gasteiger partial charge on any atom is -0.368 e. The third-order valence-corrected chi connectivity index (χ3v) is 2.47. The number of nitrogens with one attached hydrogen (secondary N) is 2. The van der Waals surface area contributed by atoms with Crippen LogP contribution in [0.3, 0.4) is 0 Å². The van der Waals surface area contributed by atoms with E-state index in [2.05, 4.69) is 15.6 Å². The SMILES string of the molecule is N#CC(C#N)=CNc1ccccc1C1=NCCN1. The van der Waals surface area contributed by atoms with Gasteiger partial charge in [0.15, 0.2) is 0 Å². The molecule has 0 aliphatic carbocycles. The van der Waals surface area contributed by atoms with E-state index in [0.717, 1.165) is 30.2 Å². The van der Waals surface area contributed by atoms with Gasteiger partial charge in [0.2, 0.25) is 0 Å². The number of rotatable bonds is 3. The molecule has 0 aromatic heterocycles. The molecule has 2 rings (SSSR count). The Morgan fingerprint density at radius 3 is 2.78 bits per heavy atom. The topological polar surface area (TPSA) is 84.0 Å². The smallest absolute Gasteiger partial charge is 0.145 e. The summed E-state index contributed by atoms with van der Waals surface area (Å²) in [6.07, 6.45) is 1.40. The molecule has 1 aromatic rings. The number of hydrogen-bond acceptors (Lipinski definition) is 5. The van der Waals surface area contributed by atoms with Crippen LogP contribution in [-0.2, 0) is 0 Å². The highest BCUT2D eigenvalue weighted by atomic mass is 15.1. The van der Waals surface area contributed by atoms with Crippen molar-refractivity contribution in [1.82, 2.24) is 5.32 Å². The molecule has 18 heavy (non-hydrogen) atoms. The number of hydrogen-bond donors (Lipinski definition) is 2. The number of para-hydroxylation sites is 1. The average molecular weight is 237 g/mol. The number of allylic oxidation sites excluding steroid dienone is 1. The van der Waals surface area contributed by atoms with E-state index in [1.54, 1.807) is 12.1 Å². The van der Waals surface area contributed by atoms with Gasteiger partial charge >= 0.3 is 0 Å². The molecule has 0 spiro atoms. The normalized spacial score (nSPS) is 12.7. The maximum atomic E-state index is 8.67. The summed E-state index contributed by atoms with van der Waals surface area (Å²) in [6.45, 7) is 1.60. The van der Waals surface area contributed by atoms with Gasteiger partial charge in [0.25, 0.3) is 0 Å². The lowest BCUT2D eigenvalue weighted by molar-refractivity contribution is 0.960. The fraction of sp³-hybridized carbons (Fsp3) is 0.154. The molecule has 1 aliphatic heterocycles. The van der Waals surface area contributed by atoms with Crippen molar-refractivity contribution in [2.75, 3.05) is 18.4 Å². The molecule has 0 unspecified atom stereocenters. The Balaban J connectivity index is 2.27. The standard InChI is InChI=1S/C13H11N5/c14-7-10(8-15)9-18-12-4-2-1-3-11(12)13-16-5-6-17-13/h1-4,9,18H,5-6H2,(H,16,17). The summed E-state index contributed by atoms with van der Waals surface area (Å²) in [5.41, 5.74) is 1.78.